The van der Waals surface area contributed by atoms with E-state index in [0.717, 1.165) is 5.70 Å². The van der Waals surface area contributed by atoms with Crippen LogP contribution in [0.2, 0.25) is 0 Å². The first-order chi connectivity index (χ1) is 10.9. The van der Waals surface area contributed by atoms with Crippen molar-refractivity contribution < 1.29 is 8.42 Å². The van der Waals surface area contributed by atoms with Crippen LogP contribution >= 0.6 is 0 Å². The van der Waals surface area contributed by atoms with E-state index in [-0.39, 0.29) is 5.92 Å². The molecule has 1 unspecified atom stereocenters. The largest absolute Gasteiger partial charge is 0.378 e. The van der Waals surface area contributed by atoms with Crippen LogP contribution in [0.15, 0.2) is 59.2 Å². The van der Waals surface area contributed by atoms with Gasteiger partial charge in [0.15, 0.2) is 0 Å². The van der Waals surface area contributed by atoms with Gasteiger partial charge < -0.3 is 10.2 Å². The molecule has 0 saturated carbocycles. The zero-order valence-corrected chi connectivity index (χ0v) is 15.1. The average molecular weight is 337 g/mol. The zero-order chi connectivity index (χ0) is 17.3. The molecule has 1 aliphatic rings. The van der Waals surface area contributed by atoms with Crippen LogP contribution in [-0.2, 0) is 10.0 Å². The Balaban J connectivity index is 2.74. The predicted molar refractivity (Wildman–Crippen MR) is 97.3 cm³/mol. The van der Waals surface area contributed by atoms with Crippen molar-refractivity contribution in [2.24, 2.45) is 5.92 Å². The fourth-order valence-corrected chi connectivity index (χ4v) is 2.76. The molecule has 0 aromatic carbocycles. The summed E-state index contributed by atoms with van der Waals surface area (Å²) in [5, 5.41) is 2.90. The molecule has 5 nitrogen and oxygen atoms in total. The van der Waals surface area contributed by atoms with Gasteiger partial charge in [0.2, 0.25) is 10.0 Å². The minimum absolute atomic E-state index is 0.131. The minimum atomic E-state index is -3.40. The molecular weight excluding hydrogens is 310 g/mol. The molecular formula is C17H27N3O2S. The van der Waals surface area contributed by atoms with Crippen molar-refractivity contribution in [1.82, 2.24) is 14.9 Å². The molecule has 1 atom stereocenters. The molecule has 0 fully saturated rings. The van der Waals surface area contributed by atoms with Crippen LogP contribution in [0.3, 0.4) is 0 Å². The van der Waals surface area contributed by atoms with Crippen LogP contribution in [0, 0.1) is 5.92 Å². The predicted octanol–water partition coefficient (Wildman–Crippen LogP) is 1.77. The Morgan fingerprint density at radius 2 is 2.04 bits per heavy atom. The fourth-order valence-electron chi connectivity index (χ4n) is 1.91. The highest BCUT2D eigenvalue weighted by molar-refractivity contribution is 7.93. The van der Waals surface area contributed by atoms with Crippen molar-refractivity contribution in [2.75, 3.05) is 34.2 Å². The molecule has 0 amide bonds. The van der Waals surface area contributed by atoms with Gasteiger partial charge in [-0.05, 0) is 26.1 Å². The van der Waals surface area contributed by atoms with Crippen LogP contribution in [0.4, 0.5) is 0 Å². The average Bonchev–Trinajstić information content (AvgIpc) is 2.73. The lowest BCUT2D eigenvalue weighted by Gasteiger charge is -2.14. The maximum Gasteiger partial charge on any atom is 0.236 e. The smallest absolute Gasteiger partial charge is 0.236 e. The van der Waals surface area contributed by atoms with Crippen molar-refractivity contribution in [1.29, 1.82) is 0 Å². The third-order valence-corrected chi connectivity index (χ3v) is 4.91. The van der Waals surface area contributed by atoms with Gasteiger partial charge in [-0.15, -0.1) is 0 Å². The van der Waals surface area contributed by atoms with Crippen molar-refractivity contribution >= 4 is 10.0 Å². The van der Waals surface area contributed by atoms with Crippen molar-refractivity contribution in [3.05, 3.63) is 59.2 Å². The van der Waals surface area contributed by atoms with Gasteiger partial charge in [0.25, 0.3) is 0 Å². The number of nitrogens with zero attached hydrogens (tertiary/aromatic N) is 1. The molecule has 0 bridgehead atoms. The van der Waals surface area contributed by atoms with Crippen LogP contribution in [0.1, 0.15) is 6.92 Å². The molecule has 0 aliphatic heterocycles. The van der Waals surface area contributed by atoms with Crippen LogP contribution in [0.25, 0.3) is 0 Å². The van der Waals surface area contributed by atoms with E-state index < -0.39 is 10.0 Å². The molecule has 0 saturated heterocycles. The Bertz CT molecular complexity index is 626. The van der Waals surface area contributed by atoms with Crippen molar-refractivity contribution in [2.45, 2.75) is 6.92 Å². The number of nitrogens with one attached hydrogen (secondary N) is 2. The van der Waals surface area contributed by atoms with Gasteiger partial charge in [0.05, 0.1) is 4.91 Å². The zero-order valence-electron chi connectivity index (χ0n) is 14.3. The standard InChI is InChI=1S/C17H27N3O2S/c1-15(23(21,22)19-13-12-18-2)8-7-10-16-9-5-6-11-17(14-16)20(3)4/h5-11,14,16,18-19H,12-13H2,1-4H3/b10-7-,15-8+. The van der Waals surface area contributed by atoms with Gasteiger partial charge in [-0.3, -0.25) is 0 Å². The van der Waals surface area contributed by atoms with E-state index in [1.807, 2.05) is 43.3 Å². The van der Waals surface area contributed by atoms with Gasteiger partial charge in [0, 0.05) is 38.8 Å². The molecule has 1 aliphatic carbocycles. The number of hydrogen-bond donors (Lipinski definition) is 2. The molecule has 23 heavy (non-hydrogen) atoms. The Morgan fingerprint density at radius 1 is 1.30 bits per heavy atom. The number of hydrogen-bond acceptors (Lipinski definition) is 4. The third-order valence-electron chi connectivity index (χ3n) is 3.35. The van der Waals surface area contributed by atoms with Gasteiger partial charge >= 0.3 is 0 Å². The maximum atomic E-state index is 12.0. The molecule has 0 spiro atoms. The van der Waals surface area contributed by atoms with Crippen LogP contribution in [-0.4, -0.2) is 47.6 Å². The second-order valence-electron chi connectivity index (χ2n) is 5.47. The highest BCUT2D eigenvalue weighted by atomic mass is 32.2. The van der Waals surface area contributed by atoms with Crippen LogP contribution in [0.5, 0.6) is 0 Å². The summed E-state index contributed by atoms with van der Waals surface area (Å²) >= 11 is 0. The fraction of sp³-hybridized carbons (Fsp3) is 0.412. The summed E-state index contributed by atoms with van der Waals surface area (Å²) in [7, 11) is 2.37. The van der Waals surface area contributed by atoms with Crippen molar-refractivity contribution in [3.8, 4) is 0 Å². The van der Waals surface area contributed by atoms with Crippen molar-refractivity contribution in [3.63, 3.8) is 0 Å². The summed E-state index contributed by atoms with van der Waals surface area (Å²) in [6.07, 6.45) is 15.6. The topological polar surface area (TPSA) is 61.4 Å². The number of sulfonamides is 1. The molecule has 0 aromatic heterocycles. The summed E-state index contributed by atoms with van der Waals surface area (Å²) in [6, 6.07) is 0. The van der Waals surface area contributed by atoms with E-state index in [1.165, 1.54) is 0 Å². The summed E-state index contributed by atoms with van der Waals surface area (Å²) in [5.74, 6) is 0.131. The van der Waals surface area contributed by atoms with E-state index >= 15 is 0 Å². The van der Waals surface area contributed by atoms with E-state index in [0.29, 0.717) is 18.0 Å². The van der Waals surface area contributed by atoms with Gasteiger partial charge in [-0.1, -0.05) is 36.5 Å². The summed E-state index contributed by atoms with van der Waals surface area (Å²) in [5.41, 5.74) is 1.12. The molecule has 0 heterocycles. The monoisotopic (exact) mass is 337 g/mol. The third kappa shape index (κ3) is 6.99. The lowest BCUT2D eigenvalue weighted by Crippen LogP contribution is -2.30. The highest BCUT2D eigenvalue weighted by Crippen LogP contribution is 2.14. The summed E-state index contributed by atoms with van der Waals surface area (Å²) in [4.78, 5) is 2.35. The summed E-state index contributed by atoms with van der Waals surface area (Å²) < 4.78 is 26.5. The lowest BCUT2D eigenvalue weighted by molar-refractivity contribution is 0.526. The Labute approximate surface area is 140 Å². The Kier molecular flexibility index (Phi) is 8.02. The first-order valence-corrected chi connectivity index (χ1v) is 9.08. The number of allylic oxidation sites excluding steroid dienone is 9. The van der Waals surface area contributed by atoms with Gasteiger partial charge in [0.1, 0.15) is 0 Å². The van der Waals surface area contributed by atoms with Crippen LogP contribution < -0.4 is 10.0 Å². The van der Waals surface area contributed by atoms with Gasteiger partial charge in [-0.25, -0.2) is 13.1 Å². The highest BCUT2D eigenvalue weighted by Gasteiger charge is 2.11. The molecule has 128 valence electrons. The number of rotatable bonds is 8. The minimum Gasteiger partial charge on any atom is -0.378 e. The Morgan fingerprint density at radius 3 is 2.70 bits per heavy atom. The number of likely N-dealkylation sites (N-methyl/N-ethyl adjacent to an activating group) is 2. The van der Waals surface area contributed by atoms with Gasteiger partial charge in [-0.2, -0.15) is 0 Å². The first-order valence-electron chi connectivity index (χ1n) is 7.60. The molecule has 2 N–H and O–H groups in total. The molecule has 6 heteroatoms. The Hall–Kier alpha value is -1.63. The second kappa shape index (κ2) is 9.50. The van der Waals surface area contributed by atoms with E-state index in [2.05, 4.69) is 22.2 Å². The van der Waals surface area contributed by atoms with E-state index in [1.54, 1.807) is 26.1 Å². The molecule has 0 radical (unpaired) electrons. The van der Waals surface area contributed by atoms with E-state index in [4.69, 9.17) is 0 Å². The molecule has 1 rings (SSSR count). The lowest BCUT2D eigenvalue weighted by atomic mass is 10.1. The SMILES string of the molecule is CNCCNS(=O)(=O)/C(C)=C/C=C\C1C=CC=CC(N(C)C)=C1. The normalized spacial score (nSPS) is 19.0. The maximum absolute atomic E-state index is 12.0. The second-order valence-corrected chi connectivity index (χ2v) is 7.41. The molecule has 0 aromatic rings. The summed E-state index contributed by atoms with van der Waals surface area (Å²) in [6.45, 7) is 2.57. The first kappa shape index (κ1) is 19.4. The van der Waals surface area contributed by atoms with E-state index in [9.17, 15) is 8.42 Å². The quantitative estimate of drug-likeness (QED) is 0.523.